The number of halogens is 2. The first-order valence-corrected chi connectivity index (χ1v) is 7.64. The number of benzene rings is 1. The molecule has 2 aliphatic rings. The van der Waals surface area contributed by atoms with Gasteiger partial charge in [0.2, 0.25) is 0 Å². The molecule has 0 atom stereocenters. The molecule has 0 unspecified atom stereocenters. The molecule has 1 aromatic carbocycles. The van der Waals surface area contributed by atoms with Gasteiger partial charge in [0.15, 0.2) is 0 Å². The SMILES string of the molecule is Fc1cccc(CC2(C3CCCC3)CNC2)c1Br. The smallest absolute Gasteiger partial charge is 0.137 e. The molecular formula is C15H19BrFN. The van der Waals surface area contributed by atoms with Gasteiger partial charge in [0.1, 0.15) is 5.82 Å². The van der Waals surface area contributed by atoms with E-state index >= 15 is 0 Å². The summed E-state index contributed by atoms with van der Waals surface area (Å²) in [6, 6.07) is 5.40. The van der Waals surface area contributed by atoms with Crippen molar-refractivity contribution < 1.29 is 4.39 Å². The topological polar surface area (TPSA) is 12.0 Å². The zero-order valence-electron chi connectivity index (χ0n) is 10.5. The zero-order valence-corrected chi connectivity index (χ0v) is 12.1. The lowest BCUT2D eigenvalue weighted by atomic mass is 9.66. The highest BCUT2D eigenvalue weighted by atomic mass is 79.9. The average Bonchev–Trinajstić information content (AvgIpc) is 2.83. The second-order valence-corrected chi connectivity index (χ2v) is 6.63. The molecule has 1 aliphatic carbocycles. The Balaban J connectivity index is 1.83. The Morgan fingerprint density at radius 1 is 1.28 bits per heavy atom. The fraction of sp³-hybridized carbons (Fsp3) is 0.600. The third-order valence-corrected chi connectivity index (χ3v) is 5.64. The van der Waals surface area contributed by atoms with Crippen molar-refractivity contribution in [2.75, 3.05) is 13.1 Å². The van der Waals surface area contributed by atoms with Crippen LogP contribution in [0.1, 0.15) is 31.2 Å². The summed E-state index contributed by atoms with van der Waals surface area (Å²) in [4.78, 5) is 0. The molecule has 1 nitrogen and oxygen atoms in total. The third kappa shape index (κ3) is 2.12. The number of rotatable bonds is 3. The van der Waals surface area contributed by atoms with Gasteiger partial charge < -0.3 is 5.32 Å². The second kappa shape index (κ2) is 4.93. The van der Waals surface area contributed by atoms with Crippen LogP contribution in [0.25, 0.3) is 0 Å². The Labute approximate surface area is 116 Å². The van der Waals surface area contributed by atoms with Crippen LogP contribution >= 0.6 is 15.9 Å². The Bertz CT molecular complexity index is 436. The lowest BCUT2D eigenvalue weighted by molar-refractivity contribution is 0.0809. The number of hydrogen-bond acceptors (Lipinski definition) is 1. The molecule has 1 aromatic rings. The molecule has 1 saturated carbocycles. The summed E-state index contributed by atoms with van der Waals surface area (Å²) in [6.07, 6.45) is 6.46. The van der Waals surface area contributed by atoms with Gasteiger partial charge in [0.05, 0.1) is 4.47 Å². The normalized spacial score (nSPS) is 23.0. The molecule has 1 heterocycles. The van der Waals surface area contributed by atoms with Crippen LogP contribution in [0.2, 0.25) is 0 Å². The van der Waals surface area contributed by atoms with Crippen LogP contribution in [-0.2, 0) is 6.42 Å². The first-order valence-electron chi connectivity index (χ1n) is 6.85. The highest BCUT2D eigenvalue weighted by Crippen LogP contribution is 2.45. The van der Waals surface area contributed by atoms with E-state index in [1.54, 1.807) is 0 Å². The summed E-state index contributed by atoms with van der Waals surface area (Å²) in [6.45, 7) is 2.20. The van der Waals surface area contributed by atoms with E-state index in [9.17, 15) is 4.39 Å². The van der Waals surface area contributed by atoms with Crippen molar-refractivity contribution >= 4 is 15.9 Å². The number of hydrogen-bond donors (Lipinski definition) is 1. The van der Waals surface area contributed by atoms with Gasteiger partial charge in [0.25, 0.3) is 0 Å². The van der Waals surface area contributed by atoms with Gasteiger partial charge in [-0.2, -0.15) is 0 Å². The van der Waals surface area contributed by atoms with E-state index in [2.05, 4.69) is 27.3 Å². The van der Waals surface area contributed by atoms with Gasteiger partial charge in [0, 0.05) is 18.5 Å². The van der Waals surface area contributed by atoms with E-state index in [-0.39, 0.29) is 5.82 Å². The van der Waals surface area contributed by atoms with Crippen LogP contribution in [0, 0.1) is 17.2 Å². The maximum Gasteiger partial charge on any atom is 0.137 e. The minimum atomic E-state index is -0.138. The Hall–Kier alpha value is -0.410. The standard InChI is InChI=1S/C15H19BrFN/c16-14-11(4-3-7-13(14)17)8-15(9-18-10-15)12-5-1-2-6-12/h3-4,7,12,18H,1-2,5-6,8-10H2. The zero-order chi connectivity index (χ0) is 12.6. The quantitative estimate of drug-likeness (QED) is 0.892. The van der Waals surface area contributed by atoms with Gasteiger partial charge in [-0.25, -0.2) is 4.39 Å². The second-order valence-electron chi connectivity index (χ2n) is 5.84. The summed E-state index contributed by atoms with van der Waals surface area (Å²) in [7, 11) is 0. The minimum Gasteiger partial charge on any atom is -0.315 e. The molecule has 0 aromatic heterocycles. The van der Waals surface area contributed by atoms with Crippen LogP contribution in [0.3, 0.4) is 0 Å². The molecule has 1 aliphatic heterocycles. The van der Waals surface area contributed by atoms with Crippen molar-refractivity contribution in [2.45, 2.75) is 32.1 Å². The molecule has 0 amide bonds. The summed E-state index contributed by atoms with van der Waals surface area (Å²) < 4.78 is 14.3. The average molecular weight is 312 g/mol. The molecule has 1 saturated heterocycles. The molecule has 0 bridgehead atoms. The fourth-order valence-corrected chi connectivity index (χ4v) is 4.01. The van der Waals surface area contributed by atoms with E-state index in [1.807, 2.05) is 6.07 Å². The molecule has 3 rings (SSSR count). The van der Waals surface area contributed by atoms with Gasteiger partial charge in [-0.05, 0) is 52.7 Å². The summed E-state index contributed by atoms with van der Waals surface area (Å²) >= 11 is 3.40. The van der Waals surface area contributed by atoms with Crippen molar-refractivity contribution in [3.8, 4) is 0 Å². The van der Waals surface area contributed by atoms with Gasteiger partial charge in [-0.1, -0.05) is 25.0 Å². The first-order chi connectivity index (χ1) is 8.71. The van der Waals surface area contributed by atoms with Crippen molar-refractivity contribution in [1.29, 1.82) is 0 Å². The summed E-state index contributed by atoms with van der Waals surface area (Å²) in [5.74, 6) is 0.690. The maximum atomic E-state index is 13.6. The van der Waals surface area contributed by atoms with Gasteiger partial charge in [-0.15, -0.1) is 0 Å². The molecular weight excluding hydrogens is 293 g/mol. The summed E-state index contributed by atoms with van der Waals surface area (Å²) in [5, 5.41) is 3.42. The van der Waals surface area contributed by atoms with E-state index in [0.29, 0.717) is 9.89 Å². The van der Waals surface area contributed by atoms with E-state index in [4.69, 9.17) is 0 Å². The first kappa shape index (κ1) is 12.6. The number of nitrogens with one attached hydrogen (secondary N) is 1. The van der Waals surface area contributed by atoms with Crippen LogP contribution in [0.4, 0.5) is 4.39 Å². The van der Waals surface area contributed by atoms with Crippen molar-refractivity contribution in [2.24, 2.45) is 11.3 Å². The molecule has 0 radical (unpaired) electrons. The largest absolute Gasteiger partial charge is 0.315 e. The summed E-state index contributed by atoms with van der Waals surface area (Å²) in [5.41, 5.74) is 1.51. The van der Waals surface area contributed by atoms with Crippen molar-refractivity contribution in [3.05, 3.63) is 34.1 Å². The molecule has 3 heteroatoms. The van der Waals surface area contributed by atoms with E-state index in [0.717, 1.165) is 31.0 Å². The predicted molar refractivity (Wildman–Crippen MR) is 75.1 cm³/mol. The van der Waals surface area contributed by atoms with Crippen LogP contribution in [-0.4, -0.2) is 13.1 Å². The monoisotopic (exact) mass is 311 g/mol. The van der Waals surface area contributed by atoms with Crippen molar-refractivity contribution in [1.82, 2.24) is 5.32 Å². The Kier molecular flexibility index (Phi) is 3.46. The molecule has 18 heavy (non-hydrogen) atoms. The van der Waals surface area contributed by atoms with Crippen LogP contribution in [0.15, 0.2) is 22.7 Å². The van der Waals surface area contributed by atoms with Gasteiger partial charge >= 0.3 is 0 Å². The minimum absolute atomic E-state index is 0.138. The van der Waals surface area contributed by atoms with Crippen LogP contribution < -0.4 is 5.32 Å². The van der Waals surface area contributed by atoms with Crippen LogP contribution in [0.5, 0.6) is 0 Å². The highest BCUT2D eigenvalue weighted by Gasteiger charge is 2.45. The fourth-order valence-electron chi connectivity index (χ4n) is 3.61. The Morgan fingerprint density at radius 3 is 2.61 bits per heavy atom. The maximum absolute atomic E-state index is 13.6. The lowest BCUT2D eigenvalue weighted by Gasteiger charge is -2.48. The highest BCUT2D eigenvalue weighted by molar-refractivity contribution is 9.10. The van der Waals surface area contributed by atoms with Crippen molar-refractivity contribution in [3.63, 3.8) is 0 Å². The van der Waals surface area contributed by atoms with E-state index in [1.165, 1.54) is 31.7 Å². The molecule has 1 N–H and O–H groups in total. The predicted octanol–water partition coefficient (Wildman–Crippen LogP) is 3.91. The Morgan fingerprint density at radius 2 is 2.00 bits per heavy atom. The van der Waals surface area contributed by atoms with E-state index < -0.39 is 0 Å². The molecule has 0 spiro atoms. The lowest BCUT2D eigenvalue weighted by Crippen LogP contribution is -2.58. The molecule has 98 valence electrons. The molecule has 2 fully saturated rings. The van der Waals surface area contributed by atoms with Gasteiger partial charge in [-0.3, -0.25) is 0 Å². The third-order valence-electron chi connectivity index (χ3n) is 4.75.